The Morgan fingerprint density at radius 1 is 1.20 bits per heavy atom. The number of piperidine rings is 1. The first kappa shape index (κ1) is 16.8. The van der Waals surface area contributed by atoms with Gasteiger partial charge in [-0.05, 0) is 44.9 Å². The van der Waals surface area contributed by atoms with E-state index in [9.17, 15) is 0 Å². The van der Waals surface area contributed by atoms with E-state index in [1.54, 1.807) is 13.4 Å². The van der Waals surface area contributed by atoms with Gasteiger partial charge in [-0.3, -0.25) is 4.90 Å². The normalized spacial score (nSPS) is 24.2. The maximum Gasteiger partial charge on any atom is 0.218 e. The van der Waals surface area contributed by atoms with E-state index in [1.807, 2.05) is 17.4 Å². The summed E-state index contributed by atoms with van der Waals surface area (Å²) in [4.78, 5) is 16.6. The second kappa shape index (κ2) is 6.92. The minimum Gasteiger partial charge on any atom is -0.481 e. The van der Waals surface area contributed by atoms with Gasteiger partial charge in [-0.25, -0.2) is 9.97 Å². The smallest absolute Gasteiger partial charge is 0.218 e. The van der Waals surface area contributed by atoms with Crippen LogP contribution in [0, 0.1) is 12.3 Å². The average molecular weight is 359 g/mol. The molecule has 0 aliphatic carbocycles. The highest BCUT2D eigenvalue weighted by atomic mass is 32.1. The molecular weight excluding hydrogens is 332 g/mol. The van der Waals surface area contributed by atoms with Crippen LogP contribution in [0.15, 0.2) is 24.5 Å². The molecule has 2 aromatic heterocycles. The van der Waals surface area contributed by atoms with Crippen LogP contribution in [0.2, 0.25) is 0 Å². The Hall–Kier alpha value is -1.66. The zero-order valence-corrected chi connectivity index (χ0v) is 15.9. The van der Waals surface area contributed by atoms with E-state index in [4.69, 9.17) is 4.74 Å². The summed E-state index contributed by atoms with van der Waals surface area (Å²) in [6, 6.07) is 6.47. The van der Waals surface area contributed by atoms with Crippen molar-refractivity contribution in [3.8, 4) is 5.88 Å². The van der Waals surface area contributed by atoms with Crippen LogP contribution in [0.5, 0.6) is 5.88 Å². The molecule has 25 heavy (non-hydrogen) atoms. The fourth-order valence-electron chi connectivity index (χ4n) is 4.30. The van der Waals surface area contributed by atoms with Gasteiger partial charge in [0.1, 0.15) is 12.1 Å². The van der Waals surface area contributed by atoms with E-state index in [-0.39, 0.29) is 0 Å². The zero-order chi connectivity index (χ0) is 17.3. The molecule has 0 N–H and O–H groups in total. The molecule has 0 aromatic carbocycles. The van der Waals surface area contributed by atoms with E-state index in [1.165, 1.54) is 42.1 Å². The molecule has 4 rings (SSSR count). The van der Waals surface area contributed by atoms with Crippen molar-refractivity contribution >= 4 is 17.2 Å². The third kappa shape index (κ3) is 3.65. The van der Waals surface area contributed by atoms with Crippen LogP contribution in [0.3, 0.4) is 0 Å². The van der Waals surface area contributed by atoms with Crippen molar-refractivity contribution in [2.24, 2.45) is 5.41 Å². The molecule has 4 heterocycles. The molecule has 0 amide bonds. The standard InChI is InChI=1S/C19H26N4OS/c1-15-4-5-16(25-15)11-22-9-7-19(12-22)6-3-8-23(13-19)17-10-18(24-2)21-14-20-17/h4-5,10,14H,3,6-9,11-13H2,1-2H3/t19-/m0/s1. The summed E-state index contributed by atoms with van der Waals surface area (Å²) in [7, 11) is 1.66. The summed E-state index contributed by atoms with van der Waals surface area (Å²) in [5, 5.41) is 0. The van der Waals surface area contributed by atoms with Crippen LogP contribution < -0.4 is 9.64 Å². The summed E-state index contributed by atoms with van der Waals surface area (Å²) in [5.41, 5.74) is 0.405. The minimum absolute atomic E-state index is 0.405. The van der Waals surface area contributed by atoms with Gasteiger partial charge >= 0.3 is 0 Å². The fraction of sp³-hybridized carbons (Fsp3) is 0.579. The Bertz CT molecular complexity index is 734. The van der Waals surface area contributed by atoms with Crippen molar-refractivity contribution in [1.82, 2.24) is 14.9 Å². The van der Waals surface area contributed by atoms with Crippen molar-refractivity contribution in [2.45, 2.75) is 32.7 Å². The second-order valence-electron chi connectivity index (χ2n) is 7.42. The number of ether oxygens (including phenoxy) is 1. The average Bonchev–Trinajstić information content (AvgIpc) is 3.21. The van der Waals surface area contributed by atoms with E-state index in [2.05, 4.69) is 38.8 Å². The number of anilines is 1. The van der Waals surface area contributed by atoms with Crippen molar-refractivity contribution in [2.75, 3.05) is 38.2 Å². The molecule has 0 unspecified atom stereocenters. The molecule has 5 nitrogen and oxygen atoms in total. The van der Waals surface area contributed by atoms with Crippen LogP contribution in [0.25, 0.3) is 0 Å². The maximum absolute atomic E-state index is 5.26. The number of rotatable bonds is 4. The van der Waals surface area contributed by atoms with Gasteiger partial charge in [0.15, 0.2) is 0 Å². The number of methoxy groups -OCH3 is 1. The zero-order valence-electron chi connectivity index (χ0n) is 15.1. The molecule has 0 bridgehead atoms. The molecular formula is C19H26N4OS. The summed E-state index contributed by atoms with van der Waals surface area (Å²) in [5.74, 6) is 1.64. The van der Waals surface area contributed by atoms with Gasteiger partial charge in [0.2, 0.25) is 5.88 Å². The van der Waals surface area contributed by atoms with Gasteiger partial charge in [0.25, 0.3) is 0 Å². The fourth-order valence-corrected chi connectivity index (χ4v) is 5.24. The summed E-state index contributed by atoms with van der Waals surface area (Å²) in [6.07, 6.45) is 5.45. The lowest BCUT2D eigenvalue weighted by molar-refractivity contribution is 0.216. The molecule has 1 spiro atoms. The number of likely N-dealkylation sites (tertiary alicyclic amines) is 1. The Morgan fingerprint density at radius 3 is 2.92 bits per heavy atom. The Morgan fingerprint density at radius 2 is 2.12 bits per heavy atom. The molecule has 2 aromatic rings. The Labute approximate surface area is 153 Å². The quantitative estimate of drug-likeness (QED) is 0.838. The monoisotopic (exact) mass is 358 g/mol. The second-order valence-corrected chi connectivity index (χ2v) is 8.79. The van der Waals surface area contributed by atoms with Crippen molar-refractivity contribution in [3.63, 3.8) is 0 Å². The number of hydrogen-bond donors (Lipinski definition) is 0. The van der Waals surface area contributed by atoms with Gasteiger partial charge in [-0.15, -0.1) is 11.3 Å². The molecule has 1 atom stereocenters. The lowest BCUT2D eigenvalue weighted by atomic mass is 9.79. The molecule has 2 fully saturated rings. The third-order valence-corrected chi connectivity index (χ3v) is 6.50. The van der Waals surface area contributed by atoms with Crippen LogP contribution in [-0.2, 0) is 6.54 Å². The lowest BCUT2D eigenvalue weighted by Crippen LogP contribution is -2.45. The molecule has 2 saturated heterocycles. The number of hydrogen-bond acceptors (Lipinski definition) is 6. The van der Waals surface area contributed by atoms with Crippen molar-refractivity contribution in [1.29, 1.82) is 0 Å². The van der Waals surface area contributed by atoms with E-state index in [0.29, 0.717) is 11.3 Å². The van der Waals surface area contributed by atoms with Gasteiger partial charge in [0.05, 0.1) is 7.11 Å². The van der Waals surface area contributed by atoms with Crippen LogP contribution >= 0.6 is 11.3 Å². The molecule has 2 aliphatic heterocycles. The summed E-state index contributed by atoms with van der Waals surface area (Å²) in [6.45, 7) is 7.86. The first-order valence-corrected chi connectivity index (χ1v) is 9.86. The SMILES string of the molecule is COc1cc(N2CCC[C@@]3(CCN(Cc4ccc(C)s4)C3)C2)ncn1. The molecule has 0 radical (unpaired) electrons. The molecule has 6 heteroatoms. The highest BCUT2D eigenvalue weighted by Gasteiger charge is 2.41. The minimum atomic E-state index is 0.405. The van der Waals surface area contributed by atoms with Gasteiger partial charge in [-0.1, -0.05) is 0 Å². The maximum atomic E-state index is 5.26. The highest BCUT2D eigenvalue weighted by molar-refractivity contribution is 7.11. The number of thiophene rings is 1. The third-order valence-electron chi connectivity index (χ3n) is 5.51. The first-order chi connectivity index (χ1) is 12.2. The van der Waals surface area contributed by atoms with Crippen molar-refractivity contribution < 1.29 is 4.74 Å². The van der Waals surface area contributed by atoms with Crippen molar-refractivity contribution in [3.05, 3.63) is 34.3 Å². The van der Waals surface area contributed by atoms with Crippen LogP contribution in [0.4, 0.5) is 5.82 Å². The van der Waals surface area contributed by atoms with Gasteiger partial charge in [0, 0.05) is 47.4 Å². The number of aromatic nitrogens is 2. The number of aryl methyl sites for hydroxylation is 1. The largest absolute Gasteiger partial charge is 0.481 e. The predicted octanol–water partition coefficient (Wildman–Crippen LogP) is 3.35. The predicted molar refractivity (Wildman–Crippen MR) is 101 cm³/mol. The lowest BCUT2D eigenvalue weighted by Gasteiger charge is -2.41. The van der Waals surface area contributed by atoms with E-state index in [0.717, 1.165) is 25.5 Å². The van der Waals surface area contributed by atoms with Crippen LogP contribution in [0.1, 0.15) is 29.0 Å². The molecule has 134 valence electrons. The van der Waals surface area contributed by atoms with Gasteiger partial charge < -0.3 is 9.64 Å². The van der Waals surface area contributed by atoms with E-state index < -0.39 is 0 Å². The molecule has 2 aliphatic rings. The topological polar surface area (TPSA) is 41.5 Å². The highest BCUT2D eigenvalue weighted by Crippen LogP contribution is 2.40. The van der Waals surface area contributed by atoms with Crippen LogP contribution in [-0.4, -0.2) is 48.2 Å². The number of nitrogens with zero attached hydrogens (tertiary/aromatic N) is 4. The summed E-state index contributed by atoms with van der Waals surface area (Å²) < 4.78 is 5.26. The summed E-state index contributed by atoms with van der Waals surface area (Å²) >= 11 is 1.93. The molecule has 0 saturated carbocycles. The Balaban J connectivity index is 1.43. The first-order valence-electron chi connectivity index (χ1n) is 9.04. The van der Waals surface area contributed by atoms with E-state index >= 15 is 0 Å². The Kier molecular flexibility index (Phi) is 4.65. The van der Waals surface area contributed by atoms with Gasteiger partial charge in [-0.2, -0.15) is 0 Å².